The van der Waals surface area contributed by atoms with Gasteiger partial charge in [-0.25, -0.2) is 9.37 Å². The van der Waals surface area contributed by atoms with Gasteiger partial charge in [0.05, 0.1) is 5.69 Å². The second-order valence-electron chi connectivity index (χ2n) is 6.54. The van der Waals surface area contributed by atoms with E-state index >= 15 is 0 Å². The monoisotopic (exact) mass is 396 g/mol. The van der Waals surface area contributed by atoms with Gasteiger partial charge < -0.3 is 10.4 Å². The van der Waals surface area contributed by atoms with Crippen molar-refractivity contribution in [3.8, 4) is 11.1 Å². The van der Waals surface area contributed by atoms with Crippen LogP contribution < -0.4 is 5.32 Å². The van der Waals surface area contributed by atoms with E-state index in [1.165, 1.54) is 25.4 Å². The molecule has 2 heterocycles. The predicted octanol–water partition coefficient (Wildman–Crippen LogP) is 3.42. The Morgan fingerprint density at radius 3 is 2.54 bits per heavy atom. The summed E-state index contributed by atoms with van der Waals surface area (Å²) in [6.07, 6.45) is -3.13. The van der Waals surface area contributed by atoms with Gasteiger partial charge in [0.15, 0.2) is 11.4 Å². The van der Waals surface area contributed by atoms with Crippen LogP contribution in [0.1, 0.15) is 18.2 Å². The number of carbonyl (C=O) groups is 1. The third-order valence-corrected chi connectivity index (χ3v) is 4.53. The van der Waals surface area contributed by atoms with Crippen molar-refractivity contribution in [1.29, 1.82) is 0 Å². The number of nitrogens with zero attached hydrogens (tertiary/aromatic N) is 3. The van der Waals surface area contributed by atoms with E-state index in [2.05, 4.69) is 15.4 Å². The number of alkyl halides is 3. The summed E-state index contributed by atoms with van der Waals surface area (Å²) in [5, 5.41) is 16.2. The fraction of sp³-hybridized carbons (Fsp3) is 0.278. The summed E-state index contributed by atoms with van der Waals surface area (Å²) in [5.41, 5.74) is -2.77. The number of amides is 1. The quantitative estimate of drug-likeness (QED) is 0.523. The van der Waals surface area contributed by atoms with Gasteiger partial charge in [-0.1, -0.05) is 0 Å². The first-order valence-electron chi connectivity index (χ1n) is 8.10. The van der Waals surface area contributed by atoms with Crippen molar-refractivity contribution in [3.63, 3.8) is 0 Å². The molecule has 3 rings (SSSR count). The summed E-state index contributed by atoms with van der Waals surface area (Å²) >= 11 is 0. The molecule has 0 aliphatic carbocycles. The molecule has 0 bridgehead atoms. The smallest absolute Gasteiger partial charge is 0.375 e. The fourth-order valence-electron chi connectivity index (χ4n) is 3.10. The van der Waals surface area contributed by atoms with Crippen LogP contribution in [0.15, 0.2) is 24.4 Å². The van der Waals surface area contributed by atoms with E-state index < -0.39 is 23.3 Å². The first kappa shape index (κ1) is 19.7. The van der Waals surface area contributed by atoms with Crippen LogP contribution in [0.3, 0.4) is 0 Å². The second kappa shape index (κ2) is 6.55. The van der Waals surface area contributed by atoms with Crippen molar-refractivity contribution in [1.82, 2.24) is 14.8 Å². The van der Waals surface area contributed by atoms with Crippen LogP contribution in [0, 0.1) is 12.7 Å². The maximum absolute atomic E-state index is 14.7. The number of aryl methyl sites for hydroxylation is 2. The molecular formula is C18H16F4N4O2. The van der Waals surface area contributed by atoms with Gasteiger partial charge in [-0.05, 0) is 48.7 Å². The first-order chi connectivity index (χ1) is 13.0. The Hall–Kier alpha value is -3.01. The van der Waals surface area contributed by atoms with Gasteiger partial charge in [0.2, 0.25) is 6.41 Å². The van der Waals surface area contributed by atoms with Crippen LogP contribution in [0.25, 0.3) is 22.0 Å². The summed E-state index contributed by atoms with van der Waals surface area (Å²) in [7, 11) is 1.21. The molecule has 148 valence electrons. The number of fused-ring (bicyclic) bond motifs is 1. The van der Waals surface area contributed by atoms with Crippen LogP contribution in [0.5, 0.6) is 0 Å². The number of rotatable bonds is 4. The number of hydrogen-bond acceptors (Lipinski definition) is 4. The molecule has 1 unspecified atom stereocenters. The molecule has 6 nitrogen and oxygen atoms in total. The zero-order valence-electron chi connectivity index (χ0n) is 15.1. The molecule has 0 aliphatic heterocycles. The Labute approximate surface area is 156 Å². The lowest BCUT2D eigenvalue weighted by molar-refractivity contribution is -0.260. The molecule has 3 aromatic rings. The predicted molar refractivity (Wildman–Crippen MR) is 94.0 cm³/mol. The zero-order valence-corrected chi connectivity index (χ0v) is 15.1. The first-order valence-corrected chi connectivity index (χ1v) is 8.10. The number of carbonyl (C=O) groups excluding carboxylic acids is 1. The molecule has 2 N–H and O–H groups in total. The second-order valence-corrected chi connectivity index (χ2v) is 6.54. The number of anilines is 1. The number of halogens is 4. The number of pyridine rings is 1. The Balaban J connectivity index is 2.31. The van der Waals surface area contributed by atoms with Gasteiger partial charge in [0, 0.05) is 18.6 Å². The van der Waals surface area contributed by atoms with Gasteiger partial charge in [0.25, 0.3) is 0 Å². The molecule has 0 spiro atoms. The zero-order chi connectivity index (χ0) is 20.9. The van der Waals surface area contributed by atoms with Crippen molar-refractivity contribution >= 4 is 23.1 Å². The van der Waals surface area contributed by atoms with Crippen molar-refractivity contribution < 1.29 is 27.5 Å². The average molecular weight is 396 g/mol. The SMILES string of the molecule is Cc1cnc(NC=O)cc1-c1cc(F)c2nn(C)c(C(C)(O)C(F)(F)F)c2c1. The van der Waals surface area contributed by atoms with Gasteiger partial charge in [-0.3, -0.25) is 9.48 Å². The third kappa shape index (κ3) is 3.09. The number of aromatic nitrogens is 3. The molecule has 2 aromatic heterocycles. The summed E-state index contributed by atoms with van der Waals surface area (Å²) in [5.74, 6) is -0.641. The summed E-state index contributed by atoms with van der Waals surface area (Å²) in [4.78, 5) is 14.6. The van der Waals surface area contributed by atoms with Gasteiger partial charge >= 0.3 is 6.18 Å². The molecule has 1 atom stereocenters. The number of hydrogen-bond donors (Lipinski definition) is 2. The number of nitrogens with one attached hydrogen (secondary N) is 1. The Bertz CT molecular complexity index is 1070. The van der Waals surface area contributed by atoms with Crippen molar-refractivity contribution in [3.05, 3.63) is 41.5 Å². The highest BCUT2D eigenvalue weighted by Crippen LogP contribution is 2.42. The van der Waals surface area contributed by atoms with Gasteiger partial charge in [-0.2, -0.15) is 18.3 Å². The normalized spacial score (nSPS) is 14.1. The molecule has 0 saturated heterocycles. The van der Waals surface area contributed by atoms with E-state index in [9.17, 15) is 27.5 Å². The average Bonchev–Trinajstić information content (AvgIpc) is 2.93. The molecule has 0 aliphatic rings. The van der Waals surface area contributed by atoms with Crippen LogP contribution in [-0.2, 0) is 17.4 Å². The molecule has 0 radical (unpaired) electrons. The minimum Gasteiger partial charge on any atom is -0.375 e. The van der Waals surface area contributed by atoms with Gasteiger partial charge in [0.1, 0.15) is 11.3 Å². The van der Waals surface area contributed by atoms with Crippen LogP contribution in [-0.4, -0.2) is 32.5 Å². The molecule has 0 saturated carbocycles. The van der Waals surface area contributed by atoms with Crippen LogP contribution in [0.2, 0.25) is 0 Å². The molecule has 0 fully saturated rings. The van der Waals surface area contributed by atoms with E-state index in [0.717, 1.165) is 10.7 Å². The van der Waals surface area contributed by atoms with E-state index in [1.807, 2.05) is 0 Å². The highest BCUT2D eigenvalue weighted by Gasteiger charge is 2.54. The molecular weight excluding hydrogens is 380 g/mol. The van der Waals surface area contributed by atoms with Crippen molar-refractivity contribution in [2.45, 2.75) is 25.6 Å². The topological polar surface area (TPSA) is 80.0 Å². The largest absolute Gasteiger partial charge is 0.422 e. The number of aliphatic hydroxyl groups is 1. The Morgan fingerprint density at radius 2 is 1.93 bits per heavy atom. The highest BCUT2D eigenvalue weighted by molar-refractivity contribution is 5.89. The molecule has 1 aromatic carbocycles. The Morgan fingerprint density at radius 1 is 1.25 bits per heavy atom. The molecule has 10 heteroatoms. The fourth-order valence-corrected chi connectivity index (χ4v) is 3.10. The molecule has 28 heavy (non-hydrogen) atoms. The van der Waals surface area contributed by atoms with E-state index in [-0.39, 0.29) is 22.3 Å². The lowest BCUT2D eigenvalue weighted by Crippen LogP contribution is -2.41. The number of benzene rings is 1. The lowest BCUT2D eigenvalue weighted by Gasteiger charge is -2.26. The van der Waals surface area contributed by atoms with Crippen LogP contribution >= 0.6 is 0 Å². The van der Waals surface area contributed by atoms with E-state index in [4.69, 9.17) is 0 Å². The summed E-state index contributed by atoms with van der Waals surface area (Å²) in [6, 6.07) is 3.94. The van der Waals surface area contributed by atoms with Crippen LogP contribution in [0.4, 0.5) is 23.4 Å². The van der Waals surface area contributed by atoms with Crippen molar-refractivity contribution in [2.24, 2.45) is 7.05 Å². The van der Waals surface area contributed by atoms with Gasteiger partial charge in [-0.15, -0.1) is 0 Å². The maximum Gasteiger partial charge on any atom is 0.422 e. The molecule has 1 amide bonds. The van der Waals surface area contributed by atoms with Crippen molar-refractivity contribution in [2.75, 3.05) is 5.32 Å². The summed E-state index contributed by atoms with van der Waals surface area (Å²) in [6.45, 7) is 2.28. The lowest BCUT2D eigenvalue weighted by atomic mass is 9.94. The minimum atomic E-state index is -4.99. The third-order valence-electron chi connectivity index (χ3n) is 4.53. The minimum absolute atomic E-state index is 0.166. The van der Waals surface area contributed by atoms with E-state index in [1.54, 1.807) is 6.92 Å². The van der Waals surface area contributed by atoms with E-state index in [0.29, 0.717) is 24.5 Å². The maximum atomic E-state index is 14.7. The Kier molecular flexibility index (Phi) is 4.62. The highest BCUT2D eigenvalue weighted by atomic mass is 19.4. The summed E-state index contributed by atoms with van der Waals surface area (Å²) < 4.78 is 55.7. The standard InChI is InChI=1S/C18H16F4N4O2/c1-9-7-23-14(24-8-27)6-11(9)10-4-12-15(13(19)5-10)25-26(3)16(12)17(2,28)18(20,21)22/h4-8,28H,1-3H3,(H,23,24,27).